The molecule has 0 unspecified atom stereocenters. The van der Waals surface area contributed by atoms with E-state index in [1.54, 1.807) is 0 Å². The first-order valence-electron chi connectivity index (χ1n) is 8.77. The third-order valence-electron chi connectivity index (χ3n) is 3.72. The number of nitrogens with two attached hydrogens (primary N) is 1. The Morgan fingerprint density at radius 3 is 1.45 bits per heavy atom. The Morgan fingerprint density at radius 2 is 1.00 bits per heavy atom. The molecule has 0 radical (unpaired) electrons. The summed E-state index contributed by atoms with van der Waals surface area (Å²) in [6.45, 7) is 3.14. The van der Waals surface area contributed by atoms with E-state index in [1.807, 2.05) is 0 Å². The summed E-state index contributed by atoms with van der Waals surface area (Å²) in [6, 6.07) is 0. The first-order chi connectivity index (χ1) is 9.41. The molecule has 1 nitrogen and oxygen atoms in total. The molecule has 0 bridgehead atoms. The van der Waals surface area contributed by atoms with E-state index < -0.39 is 0 Å². The zero-order valence-electron chi connectivity index (χ0n) is 13.7. The molecule has 122 valence electrons. The molecule has 0 amide bonds. The fourth-order valence-electron chi connectivity index (χ4n) is 2.39. The quantitative estimate of drug-likeness (QED) is 0.292. The van der Waals surface area contributed by atoms with Gasteiger partial charge < -0.3 is 5.73 Å². The van der Waals surface area contributed by atoms with E-state index in [4.69, 9.17) is 5.73 Å². The van der Waals surface area contributed by atoms with Gasteiger partial charge in [0.2, 0.25) is 0 Å². The largest absolute Gasteiger partial charge is 0.330 e. The number of allylic oxidation sites excluding steroid dienone is 2. The van der Waals surface area contributed by atoms with Gasteiger partial charge in [0.05, 0.1) is 0 Å². The molecule has 0 aromatic rings. The van der Waals surface area contributed by atoms with Crippen LogP contribution >= 0.6 is 0 Å². The minimum Gasteiger partial charge on any atom is -0.330 e. The Labute approximate surface area is 158 Å². The van der Waals surface area contributed by atoms with E-state index in [9.17, 15) is 0 Å². The molecule has 2 heteroatoms. The molecule has 0 aliphatic rings. The summed E-state index contributed by atoms with van der Waals surface area (Å²) < 4.78 is 0. The molecule has 0 aromatic carbocycles. The normalized spacial score (nSPS) is 10.9. The third-order valence-corrected chi connectivity index (χ3v) is 3.72. The van der Waals surface area contributed by atoms with E-state index in [0.717, 1.165) is 6.54 Å². The second-order valence-corrected chi connectivity index (χ2v) is 5.73. The molecule has 0 aliphatic heterocycles. The number of rotatable bonds is 15. The molecule has 0 heterocycles. The van der Waals surface area contributed by atoms with Crippen LogP contribution in [-0.2, 0) is 0 Å². The summed E-state index contributed by atoms with van der Waals surface area (Å²) in [5, 5.41) is 0. The van der Waals surface area contributed by atoms with Crippen LogP contribution in [0.4, 0.5) is 0 Å². The molecule has 0 aliphatic carbocycles. The summed E-state index contributed by atoms with van der Waals surface area (Å²) in [4.78, 5) is 0. The molecular weight excluding hydrogens is 270 g/mol. The SMILES string of the molecule is CCCCCCCC/C=C\CCCCCCCCN.[Ar]. The summed E-state index contributed by atoms with van der Waals surface area (Å²) in [5.41, 5.74) is 5.47. The zero-order valence-corrected chi connectivity index (χ0v) is 14.4. The van der Waals surface area contributed by atoms with Gasteiger partial charge >= 0.3 is 0 Å². The molecule has 0 spiro atoms. The second kappa shape index (κ2) is 22.2. The van der Waals surface area contributed by atoms with Gasteiger partial charge in [-0.25, -0.2) is 0 Å². The van der Waals surface area contributed by atoms with E-state index in [0.29, 0.717) is 0 Å². The van der Waals surface area contributed by atoms with E-state index in [2.05, 4.69) is 19.1 Å². The molecule has 0 rings (SSSR count). The number of hydrogen-bond acceptors (Lipinski definition) is 1. The minimum absolute atomic E-state index is 0. The van der Waals surface area contributed by atoms with Crippen LogP contribution in [-0.4, -0.2) is 6.54 Å². The van der Waals surface area contributed by atoms with Gasteiger partial charge in [0.1, 0.15) is 0 Å². The van der Waals surface area contributed by atoms with Crippen molar-refractivity contribution in [2.75, 3.05) is 6.54 Å². The van der Waals surface area contributed by atoms with Crippen LogP contribution in [0, 0.1) is 37.7 Å². The van der Waals surface area contributed by atoms with E-state index in [-0.39, 0.29) is 37.7 Å². The van der Waals surface area contributed by atoms with Crippen molar-refractivity contribution in [1.82, 2.24) is 0 Å². The van der Waals surface area contributed by atoms with Crippen molar-refractivity contribution in [3.63, 3.8) is 0 Å². The van der Waals surface area contributed by atoms with Crippen LogP contribution < -0.4 is 5.73 Å². The molecule has 2 N–H and O–H groups in total. The standard InChI is InChI=1S/C18H37N.Ar/c1-2-3-4-5-6-7-8-9-10-11-12-13-14-15-16-17-18-19;/h9-10H,2-8,11-19H2,1H3;/b10-9-;. The van der Waals surface area contributed by atoms with Crippen molar-refractivity contribution in [3.05, 3.63) is 12.2 Å². The molecular formula is C18H37ArN. The Kier molecular flexibility index (Phi) is 25.8. The van der Waals surface area contributed by atoms with Gasteiger partial charge in [-0.1, -0.05) is 76.9 Å². The maximum absolute atomic E-state index is 5.47. The van der Waals surface area contributed by atoms with Crippen molar-refractivity contribution in [1.29, 1.82) is 0 Å². The Balaban J connectivity index is 0. The average molecular weight is 307 g/mol. The number of unbranched alkanes of at least 4 members (excludes halogenated alkanes) is 12. The molecule has 0 saturated carbocycles. The molecule has 20 heavy (non-hydrogen) atoms. The van der Waals surface area contributed by atoms with Gasteiger partial charge in [0.15, 0.2) is 0 Å². The first kappa shape index (κ1) is 23.2. The zero-order chi connectivity index (χ0) is 14.0. The summed E-state index contributed by atoms with van der Waals surface area (Å²) in [5.74, 6) is 0. The van der Waals surface area contributed by atoms with E-state index in [1.165, 1.54) is 89.9 Å². The van der Waals surface area contributed by atoms with Crippen LogP contribution in [0.5, 0.6) is 0 Å². The smallest absolute Gasteiger partial charge is 0 e. The van der Waals surface area contributed by atoms with Gasteiger partial charge in [-0.3, -0.25) is 0 Å². The predicted octanol–water partition coefficient (Wildman–Crippen LogP) is 5.98. The third kappa shape index (κ3) is 21.3. The monoisotopic (exact) mass is 307 g/mol. The fraction of sp³-hybridized carbons (Fsp3) is 0.889. The summed E-state index contributed by atoms with van der Waals surface area (Å²) in [7, 11) is 0. The molecule has 0 saturated heterocycles. The van der Waals surface area contributed by atoms with Crippen molar-refractivity contribution in [2.45, 2.75) is 96.8 Å². The van der Waals surface area contributed by atoms with Gasteiger partial charge in [0, 0.05) is 37.7 Å². The van der Waals surface area contributed by atoms with Gasteiger partial charge in [-0.2, -0.15) is 0 Å². The maximum Gasteiger partial charge on any atom is 0 e. The Hall–Kier alpha value is 0.960. The number of hydrogen-bond donors (Lipinski definition) is 1. The Morgan fingerprint density at radius 1 is 0.600 bits per heavy atom. The molecule has 0 fully saturated rings. The summed E-state index contributed by atoms with van der Waals surface area (Å²) >= 11 is 0. The van der Waals surface area contributed by atoms with Crippen LogP contribution in [0.15, 0.2) is 12.2 Å². The first-order valence-corrected chi connectivity index (χ1v) is 8.77. The van der Waals surface area contributed by atoms with Gasteiger partial charge in [-0.15, -0.1) is 0 Å². The predicted molar refractivity (Wildman–Crippen MR) is 88.5 cm³/mol. The van der Waals surface area contributed by atoms with Crippen molar-refractivity contribution >= 4 is 0 Å². The van der Waals surface area contributed by atoms with Gasteiger partial charge in [0.25, 0.3) is 0 Å². The van der Waals surface area contributed by atoms with Crippen molar-refractivity contribution in [2.24, 2.45) is 5.73 Å². The summed E-state index contributed by atoms with van der Waals surface area (Å²) in [6.07, 6.45) is 23.9. The maximum atomic E-state index is 5.47. The molecule has 0 aromatic heterocycles. The Bertz CT molecular complexity index is 180. The van der Waals surface area contributed by atoms with Crippen LogP contribution in [0.25, 0.3) is 0 Å². The van der Waals surface area contributed by atoms with E-state index >= 15 is 0 Å². The second-order valence-electron chi connectivity index (χ2n) is 5.73. The van der Waals surface area contributed by atoms with Crippen LogP contribution in [0.1, 0.15) is 96.8 Å². The minimum atomic E-state index is 0. The molecule has 0 atom stereocenters. The fourth-order valence-corrected chi connectivity index (χ4v) is 2.39. The topological polar surface area (TPSA) is 26.0 Å². The van der Waals surface area contributed by atoms with Gasteiger partial charge in [-0.05, 0) is 38.6 Å². The average Bonchev–Trinajstić information content (AvgIpc) is 2.43. The van der Waals surface area contributed by atoms with Crippen molar-refractivity contribution < 1.29 is 37.7 Å². The van der Waals surface area contributed by atoms with Crippen LogP contribution in [0.2, 0.25) is 0 Å². The van der Waals surface area contributed by atoms with Crippen molar-refractivity contribution in [3.8, 4) is 0 Å². The van der Waals surface area contributed by atoms with Crippen LogP contribution in [0.3, 0.4) is 0 Å².